The van der Waals surface area contributed by atoms with Gasteiger partial charge in [0.05, 0.1) is 5.56 Å². The first-order chi connectivity index (χ1) is 10.4. The molecule has 1 aromatic rings. The highest BCUT2D eigenvalue weighted by molar-refractivity contribution is 5.98. The van der Waals surface area contributed by atoms with Crippen LogP contribution in [-0.4, -0.2) is 29.8 Å². The van der Waals surface area contributed by atoms with Gasteiger partial charge in [0.2, 0.25) is 0 Å². The summed E-state index contributed by atoms with van der Waals surface area (Å²) >= 11 is 0. The van der Waals surface area contributed by atoms with Crippen LogP contribution in [0.1, 0.15) is 48.0 Å². The average molecular weight is 311 g/mol. The zero-order valence-corrected chi connectivity index (χ0v) is 12.4. The SMILES string of the molecule is O=C(c1cccc(C(F)(F)F)c1)[C@@H]1CCCN(C2CCC2)C1. The van der Waals surface area contributed by atoms with Gasteiger partial charge in [0, 0.05) is 24.1 Å². The molecule has 0 amide bonds. The molecule has 0 radical (unpaired) electrons. The molecule has 2 nitrogen and oxygen atoms in total. The highest BCUT2D eigenvalue weighted by Crippen LogP contribution is 2.32. The van der Waals surface area contributed by atoms with E-state index in [1.54, 1.807) is 0 Å². The predicted molar refractivity (Wildman–Crippen MR) is 77.7 cm³/mol. The number of carbonyl (C=O) groups excluding carboxylic acids is 1. The van der Waals surface area contributed by atoms with Crippen molar-refractivity contribution in [3.05, 3.63) is 35.4 Å². The lowest BCUT2D eigenvalue weighted by Crippen LogP contribution is -2.47. The summed E-state index contributed by atoms with van der Waals surface area (Å²) in [7, 11) is 0. The van der Waals surface area contributed by atoms with E-state index in [1.807, 2.05) is 0 Å². The number of halogens is 3. The van der Waals surface area contributed by atoms with Gasteiger partial charge in [-0.1, -0.05) is 18.6 Å². The number of likely N-dealkylation sites (tertiary alicyclic amines) is 1. The van der Waals surface area contributed by atoms with E-state index >= 15 is 0 Å². The van der Waals surface area contributed by atoms with E-state index in [2.05, 4.69) is 4.90 Å². The van der Waals surface area contributed by atoms with Crippen molar-refractivity contribution < 1.29 is 18.0 Å². The molecule has 3 rings (SSSR count). The predicted octanol–water partition coefficient (Wildman–Crippen LogP) is 4.15. The summed E-state index contributed by atoms with van der Waals surface area (Å²) in [5.74, 6) is -0.312. The molecule has 2 aliphatic rings. The fourth-order valence-corrected chi connectivity index (χ4v) is 3.39. The molecule has 1 aliphatic carbocycles. The minimum absolute atomic E-state index is 0.143. The van der Waals surface area contributed by atoms with E-state index in [0.29, 0.717) is 12.6 Å². The number of alkyl halides is 3. The smallest absolute Gasteiger partial charge is 0.300 e. The van der Waals surface area contributed by atoms with Crippen LogP contribution in [0.4, 0.5) is 13.2 Å². The van der Waals surface area contributed by atoms with Crippen LogP contribution >= 0.6 is 0 Å². The molecule has 1 saturated heterocycles. The third-order valence-corrected chi connectivity index (χ3v) is 4.89. The Morgan fingerprint density at radius 3 is 2.55 bits per heavy atom. The molecule has 0 unspecified atom stereocenters. The maximum absolute atomic E-state index is 12.8. The first-order valence-corrected chi connectivity index (χ1v) is 7.90. The zero-order valence-electron chi connectivity index (χ0n) is 12.4. The number of rotatable bonds is 3. The highest BCUT2D eigenvalue weighted by Gasteiger charge is 2.34. The number of hydrogen-bond acceptors (Lipinski definition) is 2. The molecule has 0 N–H and O–H groups in total. The van der Waals surface area contributed by atoms with E-state index < -0.39 is 11.7 Å². The van der Waals surface area contributed by atoms with Crippen molar-refractivity contribution >= 4 is 5.78 Å². The van der Waals surface area contributed by atoms with E-state index in [0.717, 1.165) is 31.5 Å². The van der Waals surface area contributed by atoms with Crippen molar-refractivity contribution in [1.82, 2.24) is 4.90 Å². The second kappa shape index (κ2) is 6.03. The second-order valence-corrected chi connectivity index (χ2v) is 6.36. The quantitative estimate of drug-likeness (QED) is 0.782. The van der Waals surface area contributed by atoms with E-state index in [1.165, 1.54) is 31.4 Å². The molecule has 120 valence electrons. The van der Waals surface area contributed by atoms with Crippen molar-refractivity contribution in [2.24, 2.45) is 5.92 Å². The summed E-state index contributed by atoms with van der Waals surface area (Å²) in [5, 5.41) is 0. The molecule has 0 spiro atoms. The minimum atomic E-state index is -4.40. The van der Waals surface area contributed by atoms with Crippen LogP contribution in [0.2, 0.25) is 0 Å². The fraction of sp³-hybridized carbons (Fsp3) is 0.588. The molecule has 1 aromatic carbocycles. The molecule has 1 saturated carbocycles. The zero-order chi connectivity index (χ0) is 15.7. The summed E-state index contributed by atoms with van der Waals surface area (Å²) < 4.78 is 38.3. The van der Waals surface area contributed by atoms with Crippen LogP contribution in [0.3, 0.4) is 0 Å². The number of piperidine rings is 1. The molecule has 22 heavy (non-hydrogen) atoms. The Hall–Kier alpha value is -1.36. The van der Waals surface area contributed by atoms with E-state index in [-0.39, 0.29) is 17.3 Å². The van der Waals surface area contributed by atoms with E-state index in [4.69, 9.17) is 0 Å². The number of hydrogen-bond donors (Lipinski definition) is 0. The van der Waals surface area contributed by atoms with Gasteiger partial charge in [-0.2, -0.15) is 13.2 Å². The second-order valence-electron chi connectivity index (χ2n) is 6.36. The van der Waals surface area contributed by atoms with Crippen molar-refractivity contribution in [2.45, 2.75) is 44.3 Å². The lowest BCUT2D eigenvalue weighted by molar-refractivity contribution is -0.137. The Labute approximate surface area is 128 Å². The summed E-state index contributed by atoms with van der Waals surface area (Å²) in [6, 6.07) is 5.41. The van der Waals surface area contributed by atoms with Crippen molar-refractivity contribution in [3.63, 3.8) is 0 Å². The van der Waals surface area contributed by atoms with Gasteiger partial charge in [-0.15, -0.1) is 0 Å². The minimum Gasteiger partial charge on any atom is -0.300 e. The van der Waals surface area contributed by atoms with Gasteiger partial charge in [-0.3, -0.25) is 9.69 Å². The maximum atomic E-state index is 12.8. The molecular formula is C17H20F3NO. The van der Waals surface area contributed by atoms with E-state index in [9.17, 15) is 18.0 Å². The van der Waals surface area contributed by atoms with Crippen LogP contribution in [0.25, 0.3) is 0 Å². The van der Waals surface area contributed by atoms with Gasteiger partial charge in [0.15, 0.2) is 5.78 Å². The largest absolute Gasteiger partial charge is 0.416 e. The topological polar surface area (TPSA) is 20.3 Å². The van der Waals surface area contributed by atoms with Gasteiger partial charge >= 0.3 is 6.18 Å². The summed E-state index contributed by atoms with van der Waals surface area (Å²) in [5.41, 5.74) is -0.555. The first-order valence-electron chi connectivity index (χ1n) is 7.90. The van der Waals surface area contributed by atoms with Gasteiger partial charge in [0.1, 0.15) is 0 Å². The molecular weight excluding hydrogens is 291 g/mol. The van der Waals surface area contributed by atoms with Crippen molar-refractivity contribution in [2.75, 3.05) is 13.1 Å². The monoisotopic (exact) mass is 311 g/mol. The Bertz CT molecular complexity index is 551. The number of ketones is 1. The molecule has 1 heterocycles. The third-order valence-electron chi connectivity index (χ3n) is 4.89. The first kappa shape index (κ1) is 15.5. The number of benzene rings is 1. The Kier molecular flexibility index (Phi) is 4.26. The van der Waals surface area contributed by atoms with Crippen LogP contribution in [-0.2, 0) is 6.18 Å². The van der Waals surface area contributed by atoms with Crippen LogP contribution < -0.4 is 0 Å². The molecule has 0 aromatic heterocycles. The Morgan fingerprint density at radius 1 is 1.14 bits per heavy atom. The highest BCUT2D eigenvalue weighted by atomic mass is 19.4. The summed E-state index contributed by atoms with van der Waals surface area (Å²) in [4.78, 5) is 14.9. The van der Waals surface area contributed by atoms with Crippen molar-refractivity contribution in [3.8, 4) is 0 Å². The van der Waals surface area contributed by atoms with Gasteiger partial charge in [-0.05, 0) is 44.4 Å². The Morgan fingerprint density at radius 2 is 1.91 bits per heavy atom. The number of Topliss-reactive ketones (excluding diaryl/α,β-unsaturated/α-hetero) is 1. The van der Waals surface area contributed by atoms with Crippen LogP contribution in [0.15, 0.2) is 24.3 Å². The molecule has 1 aliphatic heterocycles. The number of nitrogens with zero attached hydrogens (tertiary/aromatic N) is 1. The third kappa shape index (κ3) is 3.19. The maximum Gasteiger partial charge on any atom is 0.416 e. The lowest BCUT2D eigenvalue weighted by Gasteiger charge is -2.42. The van der Waals surface area contributed by atoms with Gasteiger partial charge < -0.3 is 0 Å². The van der Waals surface area contributed by atoms with Gasteiger partial charge in [-0.25, -0.2) is 0 Å². The molecule has 0 bridgehead atoms. The van der Waals surface area contributed by atoms with Gasteiger partial charge in [0.25, 0.3) is 0 Å². The average Bonchev–Trinajstić information content (AvgIpc) is 2.44. The normalized spacial score (nSPS) is 24.0. The Balaban J connectivity index is 1.73. The molecule has 5 heteroatoms. The lowest BCUT2D eigenvalue weighted by atomic mass is 9.85. The summed E-state index contributed by atoms with van der Waals surface area (Å²) in [6.07, 6.45) is 0.938. The molecule has 1 atom stereocenters. The number of carbonyl (C=O) groups is 1. The molecule has 2 fully saturated rings. The van der Waals surface area contributed by atoms with Crippen LogP contribution in [0.5, 0.6) is 0 Å². The van der Waals surface area contributed by atoms with Crippen LogP contribution in [0, 0.1) is 5.92 Å². The summed E-state index contributed by atoms with van der Waals surface area (Å²) in [6.45, 7) is 1.71. The fourth-order valence-electron chi connectivity index (χ4n) is 3.39. The van der Waals surface area contributed by atoms with Crippen molar-refractivity contribution in [1.29, 1.82) is 0 Å². The standard InChI is InChI=1S/C17H20F3NO/c18-17(19,20)14-6-1-4-12(10-14)16(22)13-5-3-9-21(11-13)15-7-2-8-15/h1,4,6,10,13,15H,2-3,5,7-9,11H2/t13-/m1/s1.